The van der Waals surface area contributed by atoms with Gasteiger partial charge in [-0.3, -0.25) is 23.7 Å². The number of aromatic nitrogens is 3. The first-order valence-corrected chi connectivity index (χ1v) is 10.2. The topological polar surface area (TPSA) is 86.0 Å². The number of nitrogens with one attached hydrogen (secondary N) is 1. The summed E-state index contributed by atoms with van der Waals surface area (Å²) in [5.41, 5.74) is 1.93. The van der Waals surface area contributed by atoms with Crippen LogP contribution in [0.1, 0.15) is 61.4 Å². The fourth-order valence-electron chi connectivity index (χ4n) is 4.46. The third-order valence-electron chi connectivity index (χ3n) is 5.88. The molecule has 0 atom stereocenters. The Morgan fingerprint density at radius 1 is 1.14 bits per heavy atom. The number of carbonyl (C=O) groups is 1. The molecular formula is C21H26N4O3. The molecule has 148 valence electrons. The molecule has 2 aromatic heterocycles. The van der Waals surface area contributed by atoms with Crippen LogP contribution in [0, 0.1) is 0 Å². The fourth-order valence-corrected chi connectivity index (χ4v) is 4.46. The molecule has 0 aromatic carbocycles. The van der Waals surface area contributed by atoms with E-state index in [1.54, 1.807) is 12.4 Å². The minimum atomic E-state index is -0.325. The van der Waals surface area contributed by atoms with Crippen LogP contribution in [0.5, 0.6) is 0 Å². The molecule has 1 N–H and O–H groups in total. The minimum absolute atomic E-state index is 0.0376. The number of pyridine rings is 1. The summed E-state index contributed by atoms with van der Waals surface area (Å²) in [4.78, 5) is 42.7. The highest BCUT2D eigenvalue weighted by Gasteiger charge is 2.27. The molecule has 0 saturated heterocycles. The van der Waals surface area contributed by atoms with Crippen LogP contribution in [0.4, 0.5) is 0 Å². The molecule has 1 amide bonds. The summed E-state index contributed by atoms with van der Waals surface area (Å²) >= 11 is 0. The van der Waals surface area contributed by atoms with E-state index in [1.165, 1.54) is 9.13 Å². The molecule has 0 unspecified atom stereocenters. The van der Waals surface area contributed by atoms with Crippen LogP contribution in [0.3, 0.4) is 0 Å². The maximum absolute atomic E-state index is 13.2. The molecule has 0 bridgehead atoms. The second kappa shape index (κ2) is 8.12. The highest BCUT2D eigenvalue weighted by atomic mass is 16.2. The Morgan fingerprint density at radius 2 is 1.96 bits per heavy atom. The van der Waals surface area contributed by atoms with Crippen molar-refractivity contribution in [2.75, 3.05) is 0 Å². The van der Waals surface area contributed by atoms with Gasteiger partial charge in [0.05, 0.1) is 0 Å². The molecule has 7 heteroatoms. The second-order valence-corrected chi connectivity index (χ2v) is 7.75. The Morgan fingerprint density at radius 3 is 2.71 bits per heavy atom. The average Bonchev–Trinajstić information content (AvgIpc) is 3.21. The van der Waals surface area contributed by atoms with E-state index >= 15 is 0 Å². The SMILES string of the molecule is O=C(Cn1c2c(c(=O)n(C3CCCCC3)c1=O)CCC2)NCc1cccnc1. The van der Waals surface area contributed by atoms with Gasteiger partial charge in [-0.2, -0.15) is 0 Å². The summed E-state index contributed by atoms with van der Waals surface area (Å²) < 4.78 is 2.98. The number of hydrogen-bond acceptors (Lipinski definition) is 4. The van der Waals surface area contributed by atoms with E-state index in [4.69, 9.17) is 0 Å². The Bertz CT molecular complexity index is 972. The number of fused-ring (bicyclic) bond motifs is 1. The lowest BCUT2D eigenvalue weighted by molar-refractivity contribution is -0.121. The van der Waals surface area contributed by atoms with Crippen molar-refractivity contribution in [3.8, 4) is 0 Å². The first kappa shape index (κ1) is 18.7. The van der Waals surface area contributed by atoms with Crippen molar-refractivity contribution < 1.29 is 4.79 Å². The smallest absolute Gasteiger partial charge is 0.331 e. The summed E-state index contributed by atoms with van der Waals surface area (Å²) in [5.74, 6) is -0.228. The van der Waals surface area contributed by atoms with Crippen LogP contribution < -0.4 is 16.6 Å². The van der Waals surface area contributed by atoms with E-state index in [0.29, 0.717) is 19.4 Å². The molecule has 2 aliphatic rings. The molecule has 0 radical (unpaired) electrons. The zero-order valence-corrected chi connectivity index (χ0v) is 16.0. The summed E-state index contributed by atoms with van der Waals surface area (Å²) in [7, 11) is 0. The van der Waals surface area contributed by atoms with Crippen LogP contribution >= 0.6 is 0 Å². The maximum Gasteiger partial charge on any atom is 0.331 e. The Hall–Kier alpha value is -2.70. The van der Waals surface area contributed by atoms with E-state index < -0.39 is 0 Å². The van der Waals surface area contributed by atoms with E-state index in [0.717, 1.165) is 55.3 Å². The Balaban J connectivity index is 1.61. The standard InChI is InChI=1S/C21H26N4O3/c26-19(23-13-15-6-5-11-22-12-15)14-24-18-10-4-9-17(18)20(27)25(21(24)28)16-7-2-1-3-8-16/h5-6,11-12,16H,1-4,7-10,13-14H2,(H,23,26). The predicted octanol–water partition coefficient (Wildman–Crippen LogP) is 1.72. The largest absolute Gasteiger partial charge is 0.350 e. The molecular weight excluding hydrogens is 356 g/mol. The van der Waals surface area contributed by atoms with E-state index in [-0.39, 0.29) is 29.7 Å². The quantitative estimate of drug-likeness (QED) is 0.853. The van der Waals surface area contributed by atoms with Crippen LogP contribution in [0.25, 0.3) is 0 Å². The van der Waals surface area contributed by atoms with Crippen molar-refractivity contribution in [1.82, 2.24) is 19.4 Å². The zero-order chi connectivity index (χ0) is 19.5. The van der Waals surface area contributed by atoms with Gasteiger partial charge in [0.25, 0.3) is 5.56 Å². The van der Waals surface area contributed by atoms with Gasteiger partial charge in [-0.1, -0.05) is 25.3 Å². The number of rotatable bonds is 5. The molecule has 2 heterocycles. The fraction of sp³-hybridized carbons (Fsp3) is 0.524. The molecule has 28 heavy (non-hydrogen) atoms. The van der Waals surface area contributed by atoms with Gasteiger partial charge in [-0.15, -0.1) is 0 Å². The lowest BCUT2D eigenvalue weighted by Gasteiger charge is -2.25. The summed E-state index contributed by atoms with van der Waals surface area (Å²) in [6.07, 6.45) is 10.6. The van der Waals surface area contributed by atoms with Gasteiger partial charge >= 0.3 is 5.69 Å². The van der Waals surface area contributed by atoms with Gasteiger partial charge < -0.3 is 5.32 Å². The molecule has 0 spiro atoms. The normalized spacial score (nSPS) is 16.7. The van der Waals surface area contributed by atoms with Crippen molar-refractivity contribution in [3.63, 3.8) is 0 Å². The lowest BCUT2D eigenvalue weighted by Crippen LogP contribution is -2.46. The molecule has 2 aliphatic carbocycles. The summed E-state index contributed by atoms with van der Waals surface area (Å²) in [6.45, 7) is 0.320. The lowest BCUT2D eigenvalue weighted by atomic mass is 9.95. The summed E-state index contributed by atoms with van der Waals surface area (Å²) in [6, 6.07) is 3.67. The van der Waals surface area contributed by atoms with Gasteiger partial charge in [0, 0.05) is 36.2 Å². The first-order chi connectivity index (χ1) is 13.6. The van der Waals surface area contributed by atoms with Crippen molar-refractivity contribution in [2.45, 2.75) is 70.5 Å². The van der Waals surface area contributed by atoms with Crippen LogP contribution in [-0.2, 0) is 30.7 Å². The van der Waals surface area contributed by atoms with E-state index in [2.05, 4.69) is 10.3 Å². The third-order valence-corrected chi connectivity index (χ3v) is 5.88. The van der Waals surface area contributed by atoms with Gasteiger partial charge in [0.2, 0.25) is 5.91 Å². The highest BCUT2D eigenvalue weighted by Crippen LogP contribution is 2.27. The number of hydrogen-bond donors (Lipinski definition) is 1. The molecule has 4 rings (SSSR count). The summed E-state index contributed by atoms with van der Waals surface area (Å²) in [5, 5.41) is 2.85. The van der Waals surface area contributed by atoms with Gasteiger partial charge in [0.1, 0.15) is 6.54 Å². The second-order valence-electron chi connectivity index (χ2n) is 7.75. The van der Waals surface area contributed by atoms with Crippen LogP contribution in [0.15, 0.2) is 34.1 Å². The third kappa shape index (κ3) is 3.66. The molecule has 1 fully saturated rings. The molecule has 0 aliphatic heterocycles. The van der Waals surface area contributed by atoms with Crippen molar-refractivity contribution in [2.24, 2.45) is 0 Å². The molecule has 1 saturated carbocycles. The minimum Gasteiger partial charge on any atom is -0.350 e. The van der Waals surface area contributed by atoms with Crippen molar-refractivity contribution in [3.05, 3.63) is 62.2 Å². The van der Waals surface area contributed by atoms with Gasteiger partial charge in [0.15, 0.2) is 0 Å². The molecule has 7 nitrogen and oxygen atoms in total. The van der Waals surface area contributed by atoms with Crippen LogP contribution in [0.2, 0.25) is 0 Å². The van der Waals surface area contributed by atoms with E-state index in [9.17, 15) is 14.4 Å². The molecule has 2 aromatic rings. The first-order valence-electron chi connectivity index (χ1n) is 10.2. The highest BCUT2D eigenvalue weighted by molar-refractivity contribution is 5.75. The average molecular weight is 382 g/mol. The monoisotopic (exact) mass is 382 g/mol. The van der Waals surface area contributed by atoms with Crippen molar-refractivity contribution in [1.29, 1.82) is 0 Å². The van der Waals surface area contributed by atoms with Gasteiger partial charge in [-0.25, -0.2) is 4.79 Å². The predicted molar refractivity (Wildman–Crippen MR) is 105 cm³/mol. The number of carbonyl (C=O) groups excluding carboxylic acids is 1. The van der Waals surface area contributed by atoms with Crippen molar-refractivity contribution >= 4 is 5.91 Å². The Kier molecular flexibility index (Phi) is 5.41. The number of amides is 1. The maximum atomic E-state index is 13.2. The Labute approximate surface area is 163 Å². The van der Waals surface area contributed by atoms with Gasteiger partial charge in [-0.05, 0) is 43.7 Å². The van der Waals surface area contributed by atoms with Crippen LogP contribution in [-0.4, -0.2) is 20.0 Å². The zero-order valence-electron chi connectivity index (χ0n) is 16.0. The number of nitrogens with zero attached hydrogens (tertiary/aromatic N) is 3. The van der Waals surface area contributed by atoms with E-state index in [1.807, 2.05) is 12.1 Å².